The minimum Gasteiger partial charge on any atom is -0.497 e. The summed E-state index contributed by atoms with van der Waals surface area (Å²) in [5, 5.41) is 16.6. The first-order valence-electron chi connectivity index (χ1n) is 12.5. The molecule has 0 amide bonds. The molecule has 0 unspecified atom stereocenters. The second-order valence-electron chi connectivity index (χ2n) is 9.36. The van der Waals surface area contributed by atoms with E-state index >= 15 is 0 Å². The van der Waals surface area contributed by atoms with Crippen LogP contribution < -0.4 is 19.3 Å². The number of carboxylic acid groups (broad SMARTS) is 2. The Balaban J connectivity index is 0.000000616. The van der Waals surface area contributed by atoms with Crippen LogP contribution >= 0.6 is 0 Å². The van der Waals surface area contributed by atoms with Gasteiger partial charge in [-0.2, -0.15) is 13.2 Å². The quantitative estimate of drug-likeness (QED) is 0.346. The van der Waals surface area contributed by atoms with E-state index in [4.69, 9.17) is 14.6 Å². The van der Waals surface area contributed by atoms with Crippen molar-refractivity contribution in [3.8, 4) is 5.75 Å². The lowest BCUT2D eigenvalue weighted by Crippen LogP contribution is -2.46. The normalized spacial score (nSPS) is 13.6. The van der Waals surface area contributed by atoms with Crippen LogP contribution in [0.5, 0.6) is 5.75 Å². The molecule has 1 aliphatic rings. The molecule has 4 rings (SSSR count). The Morgan fingerprint density at radius 1 is 0.857 bits per heavy atom. The maximum Gasteiger partial charge on any atom is 0.490 e. The van der Waals surface area contributed by atoms with Gasteiger partial charge in [-0.3, -0.25) is 4.72 Å². The topological polar surface area (TPSA) is 136 Å². The first-order chi connectivity index (χ1) is 19.6. The second kappa shape index (κ2) is 13.0. The fourth-order valence-electron chi connectivity index (χ4n) is 4.11. The SMILES string of the molecule is COc1ccc(N2CCN(c3ccc(C(=O)O)cc3NS(=O)(=O)c3ccc(C)c(C)c3)CC2)cc1.O=C(O)C(F)(F)F. The Morgan fingerprint density at radius 2 is 1.43 bits per heavy atom. The van der Waals surface area contributed by atoms with Crippen LogP contribution in [-0.4, -0.2) is 70.0 Å². The molecule has 14 heteroatoms. The predicted octanol–water partition coefficient (Wildman–Crippen LogP) is 4.77. The van der Waals surface area contributed by atoms with Crippen molar-refractivity contribution in [2.24, 2.45) is 0 Å². The molecular weight excluding hydrogens is 579 g/mol. The number of aliphatic carboxylic acids is 1. The molecule has 0 bridgehead atoms. The van der Waals surface area contributed by atoms with Gasteiger partial charge in [0.05, 0.1) is 28.9 Å². The Bertz CT molecular complexity index is 1540. The number of nitrogens with zero attached hydrogens (tertiary/aromatic N) is 2. The largest absolute Gasteiger partial charge is 0.497 e. The van der Waals surface area contributed by atoms with E-state index in [2.05, 4.69) is 14.5 Å². The number of anilines is 3. The molecule has 0 atom stereocenters. The average molecular weight is 610 g/mol. The van der Waals surface area contributed by atoms with E-state index in [0.29, 0.717) is 18.8 Å². The van der Waals surface area contributed by atoms with Crippen LogP contribution in [0.2, 0.25) is 0 Å². The van der Waals surface area contributed by atoms with Gasteiger partial charge in [-0.1, -0.05) is 6.07 Å². The highest BCUT2D eigenvalue weighted by atomic mass is 32.2. The molecular formula is C28H30F3N3O7S. The molecule has 226 valence electrons. The van der Waals surface area contributed by atoms with Gasteiger partial charge in [0.1, 0.15) is 5.75 Å². The second-order valence-corrected chi connectivity index (χ2v) is 11.0. The standard InChI is InChI=1S/C26H29N3O5S.C2HF3O2/c1-18-4-10-23(16-19(18)2)35(32,33)27-24-17-20(26(30)31)5-11-25(24)29-14-12-28(13-15-29)21-6-8-22(34-3)9-7-21;3-2(4,5)1(6)7/h4-11,16-17,27H,12-15H2,1-3H3,(H,30,31);(H,6,7). The van der Waals surface area contributed by atoms with Gasteiger partial charge in [0.2, 0.25) is 0 Å². The molecule has 1 saturated heterocycles. The molecule has 1 heterocycles. The number of sulfonamides is 1. The Hall–Kier alpha value is -4.46. The van der Waals surface area contributed by atoms with Crippen LogP contribution in [-0.2, 0) is 14.8 Å². The van der Waals surface area contributed by atoms with E-state index in [1.807, 2.05) is 38.1 Å². The summed E-state index contributed by atoms with van der Waals surface area (Å²) in [5.74, 6) is -3.08. The zero-order chi connectivity index (χ0) is 31.2. The number of methoxy groups -OCH3 is 1. The number of benzene rings is 3. The molecule has 3 aromatic rings. The zero-order valence-electron chi connectivity index (χ0n) is 23.0. The van der Waals surface area contributed by atoms with Crippen molar-refractivity contribution in [1.29, 1.82) is 0 Å². The van der Waals surface area contributed by atoms with E-state index in [-0.39, 0.29) is 16.1 Å². The van der Waals surface area contributed by atoms with Crippen molar-refractivity contribution in [3.05, 3.63) is 77.4 Å². The van der Waals surface area contributed by atoms with Crippen molar-refractivity contribution in [2.45, 2.75) is 24.9 Å². The Labute approximate surface area is 241 Å². The lowest BCUT2D eigenvalue weighted by Gasteiger charge is -2.38. The molecule has 0 spiro atoms. The van der Waals surface area contributed by atoms with E-state index in [0.717, 1.165) is 35.7 Å². The summed E-state index contributed by atoms with van der Waals surface area (Å²) in [6.45, 7) is 6.53. The molecule has 0 saturated carbocycles. The van der Waals surface area contributed by atoms with Crippen LogP contribution in [0.1, 0.15) is 21.5 Å². The van der Waals surface area contributed by atoms with E-state index in [1.54, 1.807) is 31.4 Å². The number of aryl methyl sites for hydroxylation is 2. The van der Waals surface area contributed by atoms with E-state index in [9.17, 15) is 31.5 Å². The van der Waals surface area contributed by atoms with E-state index < -0.39 is 28.1 Å². The smallest absolute Gasteiger partial charge is 0.490 e. The minimum absolute atomic E-state index is 0.0170. The fraction of sp³-hybridized carbons (Fsp3) is 0.286. The van der Waals surface area contributed by atoms with Gasteiger partial charge in [0, 0.05) is 31.9 Å². The number of hydrogen-bond donors (Lipinski definition) is 3. The highest BCUT2D eigenvalue weighted by molar-refractivity contribution is 7.92. The van der Waals surface area contributed by atoms with Crippen LogP contribution in [0.25, 0.3) is 0 Å². The van der Waals surface area contributed by atoms with Crippen LogP contribution in [0.4, 0.5) is 30.2 Å². The number of piperazine rings is 1. The van der Waals surface area contributed by atoms with Crippen molar-refractivity contribution < 1.29 is 46.1 Å². The molecule has 0 aromatic heterocycles. The molecule has 0 aliphatic carbocycles. The van der Waals surface area contributed by atoms with Crippen LogP contribution in [0.15, 0.2) is 65.6 Å². The summed E-state index contributed by atoms with van der Waals surface area (Å²) >= 11 is 0. The molecule has 10 nitrogen and oxygen atoms in total. The monoisotopic (exact) mass is 609 g/mol. The number of halogens is 3. The van der Waals surface area contributed by atoms with Gasteiger partial charge >= 0.3 is 18.1 Å². The van der Waals surface area contributed by atoms with Gasteiger partial charge in [-0.25, -0.2) is 18.0 Å². The van der Waals surface area contributed by atoms with Crippen molar-refractivity contribution in [3.63, 3.8) is 0 Å². The molecule has 3 aromatic carbocycles. The molecule has 1 aliphatic heterocycles. The number of alkyl halides is 3. The van der Waals surface area contributed by atoms with Gasteiger partial charge in [0.15, 0.2) is 0 Å². The maximum atomic E-state index is 13.2. The van der Waals surface area contributed by atoms with Gasteiger partial charge in [-0.05, 0) is 79.6 Å². The fourth-order valence-corrected chi connectivity index (χ4v) is 5.26. The number of rotatable bonds is 7. The number of aromatic carboxylic acids is 1. The number of hydrogen-bond acceptors (Lipinski definition) is 7. The molecule has 3 N–H and O–H groups in total. The van der Waals surface area contributed by atoms with Crippen LogP contribution in [0, 0.1) is 13.8 Å². The number of nitrogens with one attached hydrogen (secondary N) is 1. The number of ether oxygens (including phenoxy) is 1. The zero-order valence-corrected chi connectivity index (χ0v) is 23.8. The third-order valence-electron chi connectivity index (χ3n) is 6.58. The maximum absolute atomic E-state index is 13.2. The van der Waals surface area contributed by atoms with Crippen molar-refractivity contribution >= 4 is 39.0 Å². The third kappa shape index (κ3) is 8.06. The van der Waals surface area contributed by atoms with Crippen molar-refractivity contribution in [1.82, 2.24) is 0 Å². The summed E-state index contributed by atoms with van der Waals surface area (Å²) in [6, 6.07) is 17.4. The van der Waals surface area contributed by atoms with Gasteiger partial charge < -0.3 is 24.7 Å². The first-order valence-corrected chi connectivity index (χ1v) is 14.0. The highest BCUT2D eigenvalue weighted by Gasteiger charge is 2.38. The molecule has 42 heavy (non-hydrogen) atoms. The average Bonchev–Trinajstić information content (AvgIpc) is 2.94. The number of carboxylic acids is 2. The highest BCUT2D eigenvalue weighted by Crippen LogP contribution is 2.32. The summed E-state index contributed by atoms with van der Waals surface area (Å²) in [6.07, 6.45) is -5.08. The summed E-state index contributed by atoms with van der Waals surface area (Å²) in [4.78, 5) is 25.0. The van der Waals surface area contributed by atoms with Gasteiger partial charge in [0.25, 0.3) is 10.0 Å². The summed E-state index contributed by atoms with van der Waals surface area (Å²) in [7, 11) is -2.27. The Morgan fingerprint density at radius 3 is 1.93 bits per heavy atom. The summed E-state index contributed by atoms with van der Waals surface area (Å²) in [5.41, 5.74) is 3.86. The lowest BCUT2D eigenvalue weighted by molar-refractivity contribution is -0.192. The van der Waals surface area contributed by atoms with Crippen molar-refractivity contribution in [2.75, 3.05) is 47.8 Å². The summed E-state index contributed by atoms with van der Waals surface area (Å²) < 4.78 is 66.0. The third-order valence-corrected chi connectivity index (χ3v) is 7.94. The van der Waals surface area contributed by atoms with E-state index in [1.165, 1.54) is 12.1 Å². The first kappa shape index (κ1) is 32.1. The molecule has 0 radical (unpaired) electrons. The predicted molar refractivity (Wildman–Crippen MR) is 151 cm³/mol. The molecule has 1 fully saturated rings. The van der Waals surface area contributed by atoms with Gasteiger partial charge in [-0.15, -0.1) is 0 Å². The lowest BCUT2D eigenvalue weighted by atomic mass is 10.1. The van der Waals surface area contributed by atoms with Crippen LogP contribution in [0.3, 0.4) is 0 Å². The number of carbonyl (C=O) groups is 2. The minimum atomic E-state index is -5.08. The Kier molecular flexibility index (Phi) is 9.94.